The molecular weight excluding hydrogens is 114 g/mol. The van der Waals surface area contributed by atoms with E-state index in [0.717, 1.165) is 18.1 Å². The Balaban J connectivity index is 3.04. The Kier molecular flexibility index (Phi) is 1.42. The highest BCUT2D eigenvalue weighted by molar-refractivity contribution is 5.27. The Bertz CT molecular complexity index is 202. The number of nitrogen functional groups attached to an aromatic ring is 1. The van der Waals surface area contributed by atoms with Gasteiger partial charge in [-0.3, -0.25) is 0 Å². The van der Waals surface area contributed by atoms with Gasteiger partial charge in [-0.05, 0) is 0 Å². The molecule has 1 heterocycles. The molecule has 0 aromatic carbocycles. The van der Waals surface area contributed by atoms with Gasteiger partial charge in [-0.2, -0.15) is 0 Å². The topological polar surface area (TPSA) is 43.8 Å². The van der Waals surface area contributed by atoms with Crippen molar-refractivity contribution in [1.82, 2.24) is 9.55 Å². The SMILES string of the molecule is CCc1ncc(N)n1C. The molecule has 0 saturated heterocycles. The Morgan fingerprint density at radius 3 is 2.67 bits per heavy atom. The smallest absolute Gasteiger partial charge is 0.123 e. The summed E-state index contributed by atoms with van der Waals surface area (Å²) in [6.07, 6.45) is 2.62. The molecule has 1 rings (SSSR count). The monoisotopic (exact) mass is 125 g/mol. The molecule has 0 bridgehead atoms. The zero-order chi connectivity index (χ0) is 6.85. The molecule has 0 aliphatic carbocycles. The van der Waals surface area contributed by atoms with E-state index in [1.807, 2.05) is 11.6 Å². The number of hydrogen-bond acceptors (Lipinski definition) is 2. The summed E-state index contributed by atoms with van der Waals surface area (Å²) in [5.74, 6) is 1.76. The van der Waals surface area contributed by atoms with Crippen molar-refractivity contribution in [2.24, 2.45) is 7.05 Å². The van der Waals surface area contributed by atoms with Crippen molar-refractivity contribution >= 4 is 5.82 Å². The summed E-state index contributed by atoms with van der Waals surface area (Å²) in [4.78, 5) is 4.07. The van der Waals surface area contributed by atoms with Gasteiger partial charge in [-0.15, -0.1) is 0 Å². The van der Waals surface area contributed by atoms with Crippen molar-refractivity contribution in [3.05, 3.63) is 12.0 Å². The summed E-state index contributed by atoms with van der Waals surface area (Å²) < 4.78 is 1.89. The van der Waals surface area contributed by atoms with E-state index in [4.69, 9.17) is 5.73 Å². The summed E-state index contributed by atoms with van der Waals surface area (Å²) in [5, 5.41) is 0. The molecule has 50 valence electrons. The van der Waals surface area contributed by atoms with Gasteiger partial charge in [-0.25, -0.2) is 4.98 Å². The number of nitrogens with zero attached hydrogens (tertiary/aromatic N) is 2. The van der Waals surface area contributed by atoms with Crippen molar-refractivity contribution < 1.29 is 0 Å². The molecule has 1 aromatic rings. The summed E-state index contributed by atoms with van der Waals surface area (Å²) in [5.41, 5.74) is 5.52. The van der Waals surface area contributed by atoms with Crippen LogP contribution >= 0.6 is 0 Å². The second-order valence-electron chi connectivity index (χ2n) is 2.01. The van der Waals surface area contributed by atoms with Crippen LogP contribution < -0.4 is 5.73 Å². The highest BCUT2D eigenvalue weighted by Crippen LogP contribution is 2.03. The molecule has 3 nitrogen and oxygen atoms in total. The van der Waals surface area contributed by atoms with Crippen LogP contribution in [0.1, 0.15) is 12.7 Å². The molecule has 0 atom stereocenters. The molecule has 0 radical (unpaired) electrons. The van der Waals surface area contributed by atoms with Gasteiger partial charge in [0, 0.05) is 13.5 Å². The summed E-state index contributed by atoms with van der Waals surface area (Å²) in [6, 6.07) is 0. The standard InChI is InChI=1S/C6H11N3/c1-3-6-8-4-5(7)9(6)2/h4H,3,7H2,1-2H3. The molecule has 3 heteroatoms. The zero-order valence-corrected chi connectivity index (χ0v) is 5.76. The van der Waals surface area contributed by atoms with Crippen LogP contribution in [0, 0.1) is 0 Å². The molecule has 0 aliphatic heterocycles. The van der Waals surface area contributed by atoms with Gasteiger partial charge in [0.15, 0.2) is 0 Å². The zero-order valence-electron chi connectivity index (χ0n) is 5.76. The number of hydrogen-bond donors (Lipinski definition) is 1. The molecule has 0 aliphatic rings. The first kappa shape index (κ1) is 6.13. The number of nitrogens with two attached hydrogens (primary N) is 1. The van der Waals surface area contributed by atoms with Crippen molar-refractivity contribution in [2.75, 3.05) is 5.73 Å². The third kappa shape index (κ3) is 0.896. The van der Waals surface area contributed by atoms with Crippen LogP contribution in [0.5, 0.6) is 0 Å². The largest absolute Gasteiger partial charge is 0.384 e. The quantitative estimate of drug-likeness (QED) is 0.596. The molecule has 2 N–H and O–H groups in total. The summed E-state index contributed by atoms with van der Waals surface area (Å²) in [7, 11) is 1.92. The lowest BCUT2D eigenvalue weighted by molar-refractivity contribution is 0.815. The Hall–Kier alpha value is -0.990. The number of rotatable bonds is 1. The van der Waals surface area contributed by atoms with E-state index in [2.05, 4.69) is 11.9 Å². The maximum absolute atomic E-state index is 5.52. The van der Waals surface area contributed by atoms with Crippen LogP contribution in [0.2, 0.25) is 0 Å². The van der Waals surface area contributed by atoms with Crippen LogP contribution in [0.15, 0.2) is 6.20 Å². The maximum Gasteiger partial charge on any atom is 0.123 e. The minimum atomic E-state index is 0.729. The average molecular weight is 125 g/mol. The molecule has 0 fully saturated rings. The van der Waals surface area contributed by atoms with Gasteiger partial charge in [0.1, 0.15) is 11.6 Å². The lowest BCUT2D eigenvalue weighted by Crippen LogP contribution is -1.99. The van der Waals surface area contributed by atoms with E-state index in [1.54, 1.807) is 6.20 Å². The molecule has 9 heavy (non-hydrogen) atoms. The summed E-state index contributed by atoms with van der Waals surface area (Å²) in [6.45, 7) is 2.06. The number of anilines is 1. The molecule has 1 aromatic heterocycles. The minimum Gasteiger partial charge on any atom is -0.384 e. The second-order valence-corrected chi connectivity index (χ2v) is 2.01. The third-order valence-electron chi connectivity index (χ3n) is 1.44. The van der Waals surface area contributed by atoms with Crippen molar-refractivity contribution in [2.45, 2.75) is 13.3 Å². The average Bonchev–Trinajstić information content (AvgIpc) is 2.15. The van der Waals surface area contributed by atoms with Gasteiger partial charge in [0.05, 0.1) is 6.20 Å². The summed E-state index contributed by atoms with van der Waals surface area (Å²) >= 11 is 0. The van der Waals surface area contributed by atoms with Crippen molar-refractivity contribution in [3.63, 3.8) is 0 Å². The van der Waals surface area contributed by atoms with Crippen LogP contribution in [0.25, 0.3) is 0 Å². The van der Waals surface area contributed by atoms with Crippen LogP contribution in [-0.2, 0) is 13.5 Å². The normalized spacial score (nSPS) is 10.0. The Morgan fingerprint density at radius 1 is 1.78 bits per heavy atom. The fourth-order valence-electron chi connectivity index (χ4n) is 0.791. The van der Waals surface area contributed by atoms with Gasteiger partial charge >= 0.3 is 0 Å². The van der Waals surface area contributed by atoms with E-state index >= 15 is 0 Å². The first-order chi connectivity index (χ1) is 4.25. The number of imidazole rings is 1. The maximum atomic E-state index is 5.52. The van der Waals surface area contributed by atoms with Crippen molar-refractivity contribution in [1.29, 1.82) is 0 Å². The predicted molar refractivity (Wildman–Crippen MR) is 37.0 cm³/mol. The highest BCUT2D eigenvalue weighted by Gasteiger charge is 1.97. The minimum absolute atomic E-state index is 0.729. The van der Waals surface area contributed by atoms with E-state index in [-0.39, 0.29) is 0 Å². The molecule has 0 unspecified atom stereocenters. The Labute approximate surface area is 54.5 Å². The highest BCUT2D eigenvalue weighted by atomic mass is 15.1. The fourth-order valence-corrected chi connectivity index (χ4v) is 0.791. The number of aromatic nitrogens is 2. The van der Waals surface area contributed by atoms with E-state index in [1.165, 1.54) is 0 Å². The van der Waals surface area contributed by atoms with Crippen LogP contribution in [-0.4, -0.2) is 9.55 Å². The van der Waals surface area contributed by atoms with Crippen LogP contribution in [0.4, 0.5) is 5.82 Å². The van der Waals surface area contributed by atoms with Crippen LogP contribution in [0.3, 0.4) is 0 Å². The number of aryl methyl sites for hydroxylation is 1. The lowest BCUT2D eigenvalue weighted by atomic mass is 10.5. The first-order valence-electron chi connectivity index (χ1n) is 3.01. The van der Waals surface area contributed by atoms with Gasteiger partial charge in [0.25, 0.3) is 0 Å². The fraction of sp³-hybridized carbons (Fsp3) is 0.500. The lowest BCUT2D eigenvalue weighted by Gasteiger charge is -1.97. The molecular formula is C6H11N3. The predicted octanol–water partition coefficient (Wildman–Crippen LogP) is 0.565. The third-order valence-corrected chi connectivity index (χ3v) is 1.44. The molecule has 0 spiro atoms. The van der Waals surface area contributed by atoms with E-state index in [0.29, 0.717) is 0 Å². The van der Waals surface area contributed by atoms with Gasteiger partial charge in [-0.1, -0.05) is 6.92 Å². The van der Waals surface area contributed by atoms with E-state index in [9.17, 15) is 0 Å². The Morgan fingerprint density at radius 2 is 2.44 bits per heavy atom. The van der Waals surface area contributed by atoms with Gasteiger partial charge < -0.3 is 10.3 Å². The molecule has 0 amide bonds. The van der Waals surface area contributed by atoms with Crippen molar-refractivity contribution in [3.8, 4) is 0 Å². The van der Waals surface area contributed by atoms with E-state index < -0.39 is 0 Å². The molecule has 0 saturated carbocycles. The second kappa shape index (κ2) is 2.09. The van der Waals surface area contributed by atoms with Gasteiger partial charge in [0.2, 0.25) is 0 Å². The first-order valence-corrected chi connectivity index (χ1v) is 3.01.